The topological polar surface area (TPSA) is 67.8 Å². The number of nitrogens with one attached hydrogen (secondary N) is 1. The summed E-state index contributed by atoms with van der Waals surface area (Å²) in [4.78, 5) is 17.5. The summed E-state index contributed by atoms with van der Waals surface area (Å²) in [6.07, 6.45) is 0. The normalized spacial score (nSPS) is 10.8. The third kappa shape index (κ3) is 3.16. The molecule has 0 aliphatic rings. The van der Waals surface area contributed by atoms with E-state index in [1.54, 1.807) is 12.1 Å². The molecule has 2 heterocycles. The van der Waals surface area contributed by atoms with E-state index in [2.05, 4.69) is 20.5 Å². The van der Waals surface area contributed by atoms with Crippen molar-refractivity contribution in [2.45, 2.75) is 6.92 Å². The number of para-hydroxylation sites is 1. The first-order chi connectivity index (χ1) is 12.6. The summed E-state index contributed by atoms with van der Waals surface area (Å²) >= 11 is 7.65. The summed E-state index contributed by atoms with van der Waals surface area (Å²) in [6, 6.07) is 16.7. The number of benzene rings is 2. The van der Waals surface area contributed by atoms with Gasteiger partial charge in [0.2, 0.25) is 5.13 Å². The molecule has 5 nitrogen and oxygen atoms in total. The van der Waals surface area contributed by atoms with Gasteiger partial charge in [0.25, 0.3) is 5.91 Å². The van der Waals surface area contributed by atoms with Crippen LogP contribution in [0.5, 0.6) is 0 Å². The highest BCUT2D eigenvalue weighted by Gasteiger charge is 2.16. The van der Waals surface area contributed by atoms with Crippen LogP contribution in [0.1, 0.15) is 15.4 Å². The number of rotatable bonds is 3. The Labute approximate surface area is 158 Å². The van der Waals surface area contributed by atoms with Crippen LogP contribution < -0.4 is 5.32 Å². The Morgan fingerprint density at radius 2 is 1.85 bits per heavy atom. The van der Waals surface area contributed by atoms with Gasteiger partial charge in [-0.2, -0.15) is 0 Å². The van der Waals surface area contributed by atoms with Crippen molar-refractivity contribution < 1.29 is 4.79 Å². The van der Waals surface area contributed by atoms with Crippen LogP contribution in [0.4, 0.5) is 5.13 Å². The van der Waals surface area contributed by atoms with Crippen LogP contribution >= 0.6 is 22.9 Å². The molecule has 4 aromatic rings. The van der Waals surface area contributed by atoms with Crippen LogP contribution in [0.25, 0.3) is 22.2 Å². The minimum absolute atomic E-state index is 0.256. The molecule has 0 radical (unpaired) electrons. The van der Waals surface area contributed by atoms with Gasteiger partial charge in [-0.05, 0) is 25.1 Å². The molecule has 1 N–H and O–H groups in total. The van der Waals surface area contributed by atoms with Gasteiger partial charge >= 0.3 is 0 Å². The van der Waals surface area contributed by atoms with Gasteiger partial charge in [-0.3, -0.25) is 10.1 Å². The van der Waals surface area contributed by atoms with E-state index >= 15 is 0 Å². The number of fused-ring (bicyclic) bond motifs is 1. The second kappa shape index (κ2) is 6.82. The number of aromatic nitrogens is 3. The fraction of sp³-hybridized carbons (Fsp3) is 0.0526. The number of amides is 1. The lowest BCUT2D eigenvalue weighted by molar-refractivity contribution is 0.102. The lowest BCUT2D eigenvalue weighted by Gasteiger charge is -2.10. The molecule has 0 fully saturated rings. The van der Waals surface area contributed by atoms with E-state index in [0.29, 0.717) is 21.4 Å². The van der Waals surface area contributed by atoms with Crippen LogP contribution in [0.2, 0.25) is 5.02 Å². The van der Waals surface area contributed by atoms with E-state index in [1.165, 1.54) is 11.3 Å². The number of carbonyl (C=O) groups excluding carboxylic acids is 1. The molecule has 0 unspecified atom stereocenters. The van der Waals surface area contributed by atoms with E-state index in [0.717, 1.165) is 21.5 Å². The van der Waals surface area contributed by atoms with Crippen LogP contribution in [0, 0.1) is 6.92 Å². The molecule has 26 heavy (non-hydrogen) atoms. The van der Waals surface area contributed by atoms with Gasteiger partial charge in [-0.25, -0.2) is 4.98 Å². The van der Waals surface area contributed by atoms with Crippen molar-refractivity contribution in [3.05, 3.63) is 70.2 Å². The molecule has 0 aliphatic heterocycles. The molecule has 7 heteroatoms. The van der Waals surface area contributed by atoms with Crippen LogP contribution in [-0.4, -0.2) is 21.1 Å². The van der Waals surface area contributed by atoms with Crippen molar-refractivity contribution in [2.24, 2.45) is 0 Å². The van der Waals surface area contributed by atoms with Crippen molar-refractivity contribution in [1.29, 1.82) is 0 Å². The first-order valence-electron chi connectivity index (χ1n) is 7.88. The summed E-state index contributed by atoms with van der Waals surface area (Å²) in [7, 11) is 0. The van der Waals surface area contributed by atoms with E-state index in [4.69, 9.17) is 11.6 Å². The maximum Gasteiger partial charge on any atom is 0.258 e. The molecular formula is C19H13ClN4OS. The van der Waals surface area contributed by atoms with E-state index in [9.17, 15) is 4.79 Å². The van der Waals surface area contributed by atoms with E-state index in [-0.39, 0.29) is 5.91 Å². The van der Waals surface area contributed by atoms with Crippen molar-refractivity contribution in [2.75, 3.05) is 5.32 Å². The van der Waals surface area contributed by atoms with Crippen molar-refractivity contribution in [3.8, 4) is 11.3 Å². The smallest absolute Gasteiger partial charge is 0.258 e. The summed E-state index contributed by atoms with van der Waals surface area (Å²) < 4.78 is 0. The quantitative estimate of drug-likeness (QED) is 0.545. The Morgan fingerprint density at radius 3 is 2.62 bits per heavy atom. The molecule has 1 amide bonds. The van der Waals surface area contributed by atoms with E-state index < -0.39 is 0 Å². The number of hydrogen-bond acceptors (Lipinski definition) is 5. The maximum atomic E-state index is 12.9. The third-order valence-corrected chi connectivity index (χ3v) is 4.94. The minimum atomic E-state index is -0.256. The number of pyridine rings is 1. The second-order valence-corrected chi connectivity index (χ2v) is 7.22. The van der Waals surface area contributed by atoms with E-state index in [1.807, 2.05) is 49.4 Å². The SMILES string of the molecule is Cc1nnc(NC(=O)c2cc(-c3ccccc3Cl)nc3ccccc23)s1. The lowest BCUT2D eigenvalue weighted by Crippen LogP contribution is -2.13. The predicted octanol–water partition coefficient (Wildman–Crippen LogP) is 4.97. The summed E-state index contributed by atoms with van der Waals surface area (Å²) in [6.45, 7) is 1.84. The zero-order valence-electron chi connectivity index (χ0n) is 13.7. The average molecular weight is 381 g/mol. The van der Waals surface area contributed by atoms with Gasteiger partial charge in [-0.1, -0.05) is 59.3 Å². The van der Waals surface area contributed by atoms with Gasteiger partial charge < -0.3 is 0 Å². The Kier molecular flexibility index (Phi) is 4.36. The van der Waals surface area contributed by atoms with Gasteiger partial charge in [0.05, 0.1) is 16.8 Å². The highest BCUT2D eigenvalue weighted by atomic mass is 35.5. The second-order valence-electron chi connectivity index (χ2n) is 5.63. The third-order valence-electron chi connectivity index (χ3n) is 3.86. The largest absolute Gasteiger partial charge is 0.296 e. The molecule has 2 aromatic carbocycles. The van der Waals surface area contributed by atoms with Gasteiger partial charge in [-0.15, -0.1) is 10.2 Å². The number of hydrogen-bond donors (Lipinski definition) is 1. The summed E-state index contributed by atoms with van der Waals surface area (Å²) in [5.41, 5.74) is 2.66. The summed E-state index contributed by atoms with van der Waals surface area (Å²) in [5, 5.41) is 13.3. The molecule has 2 aromatic heterocycles. The average Bonchev–Trinajstić information content (AvgIpc) is 3.06. The van der Waals surface area contributed by atoms with Gasteiger partial charge in [0.15, 0.2) is 0 Å². The molecule has 4 rings (SSSR count). The molecule has 0 bridgehead atoms. The monoisotopic (exact) mass is 380 g/mol. The van der Waals surface area contributed by atoms with Gasteiger partial charge in [0.1, 0.15) is 5.01 Å². The molecule has 0 spiro atoms. The molecule has 128 valence electrons. The standard InChI is InChI=1S/C19H13ClN4OS/c1-11-23-24-19(26-11)22-18(25)14-10-17(13-7-2-4-8-15(13)20)21-16-9-5-3-6-12(14)16/h2-10H,1H3,(H,22,24,25). The summed E-state index contributed by atoms with van der Waals surface area (Å²) in [5.74, 6) is -0.256. The van der Waals surface area contributed by atoms with Crippen molar-refractivity contribution >= 4 is 44.9 Å². The van der Waals surface area contributed by atoms with Crippen LogP contribution in [0.15, 0.2) is 54.6 Å². The van der Waals surface area contributed by atoms with Gasteiger partial charge in [0, 0.05) is 16.0 Å². The Bertz CT molecular complexity index is 1130. The predicted molar refractivity (Wildman–Crippen MR) is 105 cm³/mol. The maximum absolute atomic E-state index is 12.9. The molecule has 0 aliphatic carbocycles. The Morgan fingerprint density at radius 1 is 1.08 bits per heavy atom. The first kappa shape index (κ1) is 16.6. The van der Waals surface area contributed by atoms with Crippen LogP contribution in [0.3, 0.4) is 0 Å². The molecule has 0 atom stereocenters. The highest BCUT2D eigenvalue weighted by molar-refractivity contribution is 7.15. The number of aryl methyl sites for hydroxylation is 1. The Hall–Kier alpha value is -2.83. The molecule has 0 saturated carbocycles. The van der Waals surface area contributed by atoms with Crippen LogP contribution in [-0.2, 0) is 0 Å². The highest BCUT2D eigenvalue weighted by Crippen LogP contribution is 2.30. The Balaban J connectivity index is 1.84. The fourth-order valence-corrected chi connectivity index (χ4v) is 3.50. The minimum Gasteiger partial charge on any atom is -0.296 e. The van der Waals surface area contributed by atoms with Crippen molar-refractivity contribution in [1.82, 2.24) is 15.2 Å². The number of nitrogens with zero attached hydrogens (tertiary/aromatic N) is 3. The first-order valence-corrected chi connectivity index (χ1v) is 9.07. The number of halogens is 1. The number of anilines is 1. The zero-order valence-corrected chi connectivity index (χ0v) is 15.3. The zero-order chi connectivity index (χ0) is 18.1. The molecular weight excluding hydrogens is 368 g/mol. The fourth-order valence-electron chi connectivity index (χ4n) is 2.68. The number of carbonyl (C=O) groups is 1. The lowest BCUT2D eigenvalue weighted by atomic mass is 10.0. The molecule has 0 saturated heterocycles. The van der Waals surface area contributed by atoms with Crippen molar-refractivity contribution in [3.63, 3.8) is 0 Å².